The predicted molar refractivity (Wildman–Crippen MR) is 103 cm³/mol. The van der Waals surface area contributed by atoms with Crippen molar-refractivity contribution in [3.05, 3.63) is 75.5 Å². The van der Waals surface area contributed by atoms with Crippen LogP contribution in [0.3, 0.4) is 0 Å². The van der Waals surface area contributed by atoms with Gasteiger partial charge in [0.15, 0.2) is 0 Å². The fourth-order valence-electron chi connectivity index (χ4n) is 4.19. The molecule has 26 heavy (non-hydrogen) atoms. The van der Waals surface area contributed by atoms with Crippen molar-refractivity contribution in [3.8, 4) is 0 Å². The first-order valence-corrected chi connectivity index (χ1v) is 10.1. The second-order valence-corrected chi connectivity index (χ2v) is 8.19. The summed E-state index contributed by atoms with van der Waals surface area (Å²) < 4.78 is 2.24. The second-order valence-electron chi connectivity index (χ2n) is 7.05. The fourth-order valence-corrected chi connectivity index (χ4v) is 5.40. The van der Waals surface area contributed by atoms with Crippen molar-refractivity contribution < 1.29 is 4.79 Å². The minimum absolute atomic E-state index is 0.119. The van der Waals surface area contributed by atoms with E-state index in [0.717, 1.165) is 35.7 Å². The standard InChI is InChI=1S/C21H21N3OS/c25-21(19-14-15-6-1-2-9-18(15)26-19)24-13-12-23-11-5-8-17(23)20(24)16-7-3-4-10-22-16/h3-5,7-8,10-11,14,20H,1-2,6,9,12-13H2. The second kappa shape index (κ2) is 6.40. The largest absolute Gasteiger partial charge is 0.347 e. The Hall–Kier alpha value is -2.40. The Balaban J connectivity index is 1.54. The van der Waals surface area contributed by atoms with Gasteiger partial charge in [-0.25, -0.2) is 0 Å². The minimum atomic E-state index is -0.119. The number of rotatable bonds is 2. The summed E-state index contributed by atoms with van der Waals surface area (Å²) in [6, 6.07) is 12.1. The average molecular weight is 363 g/mol. The summed E-state index contributed by atoms with van der Waals surface area (Å²) >= 11 is 1.70. The minimum Gasteiger partial charge on any atom is -0.347 e. The van der Waals surface area contributed by atoms with E-state index in [0.29, 0.717) is 6.54 Å². The van der Waals surface area contributed by atoms with Crippen LogP contribution in [0.4, 0.5) is 0 Å². The van der Waals surface area contributed by atoms with Crippen molar-refractivity contribution in [1.29, 1.82) is 0 Å². The molecule has 0 fully saturated rings. The topological polar surface area (TPSA) is 38.1 Å². The fraction of sp³-hybridized carbons (Fsp3) is 0.333. The lowest BCUT2D eigenvalue weighted by molar-refractivity contribution is 0.0665. The van der Waals surface area contributed by atoms with E-state index in [1.54, 1.807) is 11.3 Å². The number of aromatic nitrogens is 2. The number of pyridine rings is 1. The summed E-state index contributed by atoms with van der Waals surface area (Å²) in [5, 5.41) is 0. The number of hydrogen-bond donors (Lipinski definition) is 0. The molecule has 0 saturated heterocycles. The summed E-state index contributed by atoms with van der Waals surface area (Å²) in [6.07, 6.45) is 8.63. The molecule has 1 aliphatic heterocycles. The molecule has 5 heteroatoms. The van der Waals surface area contributed by atoms with Crippen LogP contribution < -0.4 is 0 Å². The van der Waals surface area contributed by atoms with Gasteiger partial charge in [0.05, 0.1) is 10.6 Å². The molecule has 1 aliphatic carbocycles. The van der Waals surface area contributed by atoms with Crippen LogP contribution in [0.15, 0.2) is 48.8 Å². The Kier molecular flexibility index (Phi) is 3.89. The van der Waals surface area contributed by atoms with Gasteiger partial charge in [-0.3, -0.25) is 9.78 Å². The molecule has 0 radical (unpaired) electrons. The number of fused-ring (bicyclic) bond motifs is 2. The van der Waals surface area contributed by atoms with Crippen LogP contribution in [-0.2, 0) is 19.4 Å². The molecule has 4 heterocycles. The number of nitrogens with zero attached hydrogens (tertiary/aromatic N) is 3. The Labute approximate surface area is 157 Å². The highest BCUT2D eigenvalue weighted by Crippen LogP contribution is 2.35. The van der Waals surface area contributed by atoms with Gasteiger partial charge < -0.3 is 9.47 Å². The summed E-state index contributed by atoms with van der Waals surface area (Å²) in [5.74, 6) is 0.146. The highest BCUT2D eigenvalue weighted by atomic mass is 32.1. The lowest BCUT2D eigenvalue weighted by atomic mass is 9.99. The molecule has 3 aromatic heterocycles. The van der Waals surface area contributed by atoms with Gasteiger partial charge >= 0.3 is 0 Å². The van der Waals surface area contributed by atoms with Gasteiger partial charge in [-0.15, -0.1) is 11.3 Å². The van der Waals surface area contributed by atoms with E-state index in [1.807, 2.05) is 29.3 Å². The molecular weight excluding hydrogens is 342 g/mol. The Morgan fingerprint density at radius 1 is 1.12 bits per heavy atom. The van der Waals surface area contributed by atoms with Crippen LogP contribution >= 0.6 is 11.3 Å². The molecule has 3 aromatic rings. The van der Waals surface area contributed by atoms with Crippen molar-refractivity contribution >= 4 is 17.2 Å². The van der Waals surface area contributed by atoms with E-state index in [4.69, 9.17) is 0 Å². The van der Waals surface area contributed by atoms with Crippen LogP contribution in [0.1, 0.15) is 50.4 Å². The molecule has 0 saturated carbocycles. The maximum Gasteiger partial charge on any atom is 0.264 e. The van der Waals surface area contributed by atoms with E-state index in [2.05, 4.69) is 33.9 Å². The molecule has 2 aliphatic rings. The third-order valence-electron chi connectivity index (χ3n) is 5.47. The van der Waals surface area contributed by atoms with Crippen LogP contribution in [0.2, 0.25) is 0 Å². The van der Waals surface area contributed by atoms with Crippen LogP contribution in [0, 0.1) is 0 Å². The summed E-state index contributed by atoms with van der Waals surface area (Å²) in [7, 11) is 0. The smallest absolute Gasteiger partial charge is 0.264 e. The van der Waals surface area contributed by atoms with Crippen molar-refractivity contribution in [2.75, 3.05) is 6.54 Å². The zero-order chi connectivity index (χ0) is 17.5. The molecule has 1 amide bonds. The van der Waals surface area contributed by atoms with Crippen molar-refractivity contribution in [3.63, 3.8) is 0 Å². The van der Waals surface area contributed by atoms with E-state index in [-0.39, 0.29) is 11.9 Å². The molecule has 0 aromatic carbocycles. The van der Waals surface area contributed by atoms with Gasteiger partial charge in [-0.1, -0.05) is 6.07 Å². The van der Waals surface area contributed by atoms with Crippen LogP contribution in [0.25, 0.3) is 0 Å². The third-order valence-corrected chi connectivity index (χ3v) is 6.70. The molecule has 1 atom stereocenters. The van der Waals surface area contributed by atoms with E-state index in [9.17, 15) is 4.79 Å². The highest BCUT2D eigenvalue weighted by molar-refractivity contribution is 7.14. The third kappa shape index (κ3) is 2.58. The van der Waals surface area contributed by atoms with Gasteiger partial charge in [-0.05, 0) is 61.6 Å². The first kappa shape index (κ1) is 15.8. The number of amides is 1. The first-order valence-electron chi connectivity index (χ1n) is 9.30. The molecule has 0 N–H and O–H groups in total. The van der Waals surface area contributed by atoms with Crippen LogP contribution in [0.5, 0.6) is 0 Å². The number of hydrogen-bond acceptors (Lipinski definition) is 3. The van der Waals surface area contributed by atoms with E-state index >= 15 is 0 Å². The van der Waals surface area contributed by atoms with E-state index in [1.165, 1.54) is 23.3 Å². The van der Waals surface area contributed by atoms with E-state index < -0.39 is 0 Å². The monoisotopic (exact) mass is 363 g/mol. The number of carbonyl (C=O) groups excluding carboxylic acids is 1. The number of thiophene rings is 1. The zero-order valence-electron chi connectivity index (χ0n) is 14.6. The molecule has 5 rings (SSSR count). The van der Waals surface area contributed by atoms with Gasteiger partial charge in [0.2, 0.25) is 0 Å². The molecule has 0 spiro atoms. The lowest BCUT2D eigenvalue weighted by Crippen LogP contribution is -2.42. The SMILES string of the molecule is O=C(c1cc2c(s1)CCCC2)N1CCn2cccc2C1c1ccccn1. The highest BCUT2D eigenvalue weighted by Gasteiger charge is 2.34. The lowest BCUT2D eigenvalue weighted by Gasteiger charge is -2.36. The van der Waals surface area contributed by atoms with Gasteiger partial charge in [0.25, 0.3) is 5.91 Å². The normalized spacial score (nSPS) is 19.1. The molecule has 132 valence electrons. The van der Waals surface area contributed by atoms with Gasteiger partial charge in [-0.2, -0.15) is 0 Å². The quantitative estimate of drug-likeness (QED) is 0.688. The Morgan fingerprint density at radius 2 is 2.04 bits per heavy atom. The Bertz CT molecular complexity index is 920. The Morgan fingerprint density at radius 3 is 2.88 bits per heavy atom. The predicted octanol–water partition coefficient (Wildman–Crippen LogP) is 4.07. The van der Waals surface area contributed by atoms with Crippen molar-refractivity contribution in [1.82, 2.24) is 14.5 Å². The molecular formula is C21H21N3OS. The summed E-state index contributed by atoms with van der Waals surface area (Å²) in [4.78, 5) is 22.3. The van der Waals surface area contributed by atoms with Gasteiger partial charge in [0, 0.05) is 36.1 Å². The molecule has 4 nitrogen and oxygen atoms in total. The zero-order valence-corrected chi connectivity index (χ0v) is 15.4. The molecule has 1 unspecified atom stereocenters. The van der Waals surface area contributed by atoms with Crippen molar-refractivity contribution in [2.45, 2.75) is 38.3 Å². The molecule has 0 bridgehead atoms. The summed E-state index contributed by atoms with van der Waals surface area (Å²) in [5.41, 5.74) is 3.46. The maximum absolute atomic E-state index is 13.4. The number of carbonyl (C=O) groups is 1. The first-order chi connectivity index (χ1) is 12.8. The van der Waals surface area contributed by atoms with Gasteiger partial charge in [0.1, 0.15) is 6.04 Å². The average Bonchev–Trinajstić information content (AvgIpc) is 3.33. The maximum atomic E-state index is 13.4. The summed E-state index contributed by atoms with van der Waals surface area (Å²) in [6.45, 7) is 1.55. The number of aryl methyl sites for hydroxylation is 2. The van der Waals surface area contributed by atoms with Crippen LogP contribution in [-0.4, -0.2) is 26.9 Å². The van der Waals surface area contributed by atoms with Crippen molar-refractivity contribution in [2.24, 2.45) is 0 Å².